The van der Waals surface area contributed by atoms with E-state index < -0.39 is 5.95 Å². The fourth-order valence-electron chi connectivity index (χ4n) is 1.22. The van der Waals surface area contributed by atoms with Crippen LogP contribution in [-0.4, -0.2) is 16.2 Å². The van der Waals surface area contributed by atoms with Crippen molar-refractivity contribution in [3.8, 4) is 0 Å². The van der Waals surface area contributed by atoms with Crippen LogP contribution in [0.4, 0.5) is 15.9 Å². The molecule has 0 amide bonds. The maximum absolute atomic E-state index is 12.8. The summed E-state index contributed by atoms with van der Waals surface area (Å²) in [6, 6.07) is 9.08. The lowest BCUT2D eigenvalue weighted by atomic mass is 10.3. The van der Waals surface area contributed by atoms with Gasteiger partial charge in [0.05, 0.1) is 0 Å². The lowest BCUT2D eigenvalue weighted by Gasteiger charge is -2.05. The lowest BCUT2D eigenvalue weighted by molar-refractivity contribution is 0.580. The molecule has 0 saturated carbocycles. The highest BCUT2D eigenvalue weighted by Crippen LogP contribution is 2.19. The van der Waals surface area contributed by atoms with E-state index in [0.717, 1.165) is 5.69 Å². The zero-order chi connectivity index (χ0) is 11.4. The second kappa shape index (κ2) is 4.94. The molecule has 3 nitrogen and oxygen atoms in total. The molecule has 1 N–H and O–H groups in total. The fourth-order valence-corrected chi connectivity index (χ4v) is 1.63. The van der Waals surface area contributed by atoms with Gasteiger partial charge >= 0.3 is 0 Å². The van der Waals surface area contributed by atoms with E-state index in [2.05, 4.69) is 15.3 Å². The summed E-state index contributed by atoms with van der Waals surface area (Å²) in [5.41, 5.74) is 0.871. The predicted octanol–water partition coefficient (Wildman–Crippen LogP) is 3.08. The molecule has 1 aromatic carbocycles. The molecule has 0 saturated heterocycles. The molecule has 16 heavy (non-hydrogen) atoms. The monoisotopic (exact) mass is 235 g/mol. The number of rotatable bonds is 3. The second-order valence-corrected chi connectivity index (χ2v) is 3.96. The van der Waals surface area contributed by atoms with Crippen LogP contribution in [0.25, 0.3) is 0 Å². The van der Waals surface area contributed by atoms with Crippen LogP contribution >= 0.6 is 11.8 Å². The zero-order valence-corrected chi connectivity index (χ0v) is 9.46. The summed E-state index contributed by atoms with van der Waals surface area (Å²) in [5.74, 6) is -0.0948. The number of benzene rings is 1. The molecular weight excluding hydrogens is 225 g/mol. The Bertz CT molecular complexity index is 473. The van der Waals surface area contributed by atoms with Gasteiger partial charge in [0.15, 0.2) is 0 Å². The van der Waals surface area contributed by atoms with E-state index in [1.807, 2.05) is 30.5 Å². The maximum atomic E-state index is 12.8. The quantitative estimate of drug-likeness (QED) is 0.655. The van der Waals surface area contributed by atoms with Gasteiger partial charge in [0.25, 0.3) is 0 Å². The summed E-state index contributed by atoms with van der Waals surface area (Å²) in [6.45, 7) is 0. The van der Waals surface area contributed by atoms with Crippen LogP contribution in [0.15, 0.2) is 41.6 Å². The van der Waals surface area contributed by atoms with Crippen molar-refractivity contribution in [3.05, 3.63) is 42.6 Å². The Kier molecular flexibility index (Phi) is 3.36. The van der Waals surface area contributed by atoms with Gasteiger partial charge in [-0.2, -0.15) is 4.39 Å². The smallest absolute Gasteiger partial charge is 0.218 e. The molecule has 0 aliphatic rings. The first kappa shape index (κ1) is 10.9. The minimum absolute atomic E-state index is 0.449. The van der Waals surface area contributed by atoms with E-state index in [1.54, 1.807) is 11.8 Å². The third kappa shape index (κ3) is 2.70. The summed E-state index contributed by atoms with van der Waals surface area (Å²) < 4.78 is 12.8. The molecule has 0 bridgehead atoms. The van der Waals surface area contributed by atoms with Crippen molar-refractivity contribution in [2.75, 3.05) is 11.6 Å². The average molecular weight is 235 g/mol. The molecule has 82 valence electrons. The van der Waals surface area contributed by atoms with E-state index in [1.165, 1.54) is 17.3 Å². The first-order chi connectivity index (χ1) is 7.78. The van der Waals surface area contributed by atoms with Gasteiger partial charge in [-0.15, -0.1) is 11.8 Å². The molecule has 0 aliphatic carbocycles. The summed E-state index contributed by atoms with van der Waals surface area (Å²) in [5, 5.41) is 3.00. The number of halogens is 1. The topological polar surface area (TPSA) is 37.8 Å². The Morgan fingerprint density at radius 2 is 1.94 bits per heavy atom. The van der Waals surface area contributed by atoms with Crippen LogP contribution in [0.3, 0.4) is 0 Å². The van der Waals surface area contributed by atoms with Gasteiger partial charge in [0.1, 0.15) is 12.1 Å². The Morgan fingerprint density at radius 3 is 2.56 bits per heavy atom. The van der Waals surface area contributed by atoms with Crippen molar-refractivity contribution in [2.24, 2.45) is 0 Å². The van der Waals surface area contributed by atoms with Crippen LogP contribution in [0.2, 0.25) is 0 Å². The van der Waals surface area contributed by atoms with Crippen molar-refractivity contribution in [2.45, 2.75) is 4.90 Å². The van der Waals surface area contributed by atoms with Crippen LogP contribution in [0.5, 0.6) is 0 Å². The van der Waals surface area contributed by atoms with Crippen LogP contribution in [-0.2, 0) is 0 Å². The number of anilines is 2. The number of hydrogen-bond acceptors (Lipinski definition) is 4. The molecule has 1 heterocycles. The van der Waals surface area contributed by atoms with E-state index in [9.17, 15) is 4.39 Å². The highest BCUT2D eigenvalue weighted by molar-refractivity contribution is 7.98. The minimum atomic E-state index is -0.543. The zero-order valence-electron chi connectivity index (χ0n) is 8.64. The second-order valence-electron chi connectivity index (χ2n) is 3.08. The Morgan fingerprint density at radius 1 is 1.19 bits per heavy atom. The van der Waals surface area contributed by atoms with Crippen molar-refractivity contribution in [1.82, 2.24) is 9.97 Å². The summed E-state index contributed by atoms with van der Waals surface area (Å²) >= 11 is 1.67. The van der Waals surface area contributed by atoms with Crippen LogP contribution < -0.4 is 5.32 Å². The molecule has 0 radical (unpaired) electrons. The van der Waals surface area contributed by atoms with Crippen LogP contribution in [0, 0.1) is 5.95 Å². The van der Waals surface area contributed by atoms with E-state index in [4.69, 9.17) is 0 Å². The van der Waals surface area contributed by atoms with Gasteiger partial charge in [-0.1, -0.05) is 0 Å². The summed E-state index contributed by atoms with van der Waals surface area (Å²) in [4.78, 5) is 8.48. The predicted molar refractivity (Wildman–Crippen MR) is 63.5 cm³/mol. The molecule has 0 spiro atoms. The molecule has 2 aromatic rings. The largest absolute Gasteiger partial charge is 0.340 e. The van der Waals surface area contributed by atoms with Gasteiger partial charge < -0.3 is 5.32 Å². The third-order valence-electron chi connectivity index (χ3n) is 2.00. The average Bonchev–Trinajstić information content (AvgIpc) is 2.30. The van der Waals surface area contributed by atoms with Crippen molar-refractivity contribution in [1.29, 1.82) is 0 Å². The molecule has 2 rings (SSSR count). The molecule has 0 aliphatic heterocycles. The molecule has 5 heteroatoms. The first-order valence-corrected chi connectivity index (χ1v) is 5.89. The number of aromatic nitrogens is 2. The fraction of sp³-hybridized carbons (Fsp3) is 0.0909. The number of nitrogens with zero attached hydrogens (tertiary/aromatic N) is 2. The highest BCUT2D eigenvalue weighted by Gasteiger charge is 1.98. The van der Waals surface area contributed by atoms with Crippen LogP contribution in [0.1, 0.15) is 0 Å². The van der Waals surface area contributed by atoms with E-state index in [-0.39, 0.29) is 0 Å². The third-order valence-corrected chi connectivity index (χ3v) is 2.74. The van der Waals surface area contributed by atoms with Crippen molar-refractivity contribution < 1.29 is 4.39 Å². The molecular formula is C11H10FN3S. The van der Waals surface area contributed by atoms with Gasteiger partial charge in [0.2, 0.25) is 5.95 Å². The lowest BCUT2D eigenvalue weighted by Crippen LogP contribution is -1.95. The molecule has 0 fully saturated rings. The number of nitrogens with one attached hydrogen (secondary N) is 1. The molecule has 0 unspecified atom stereocenters. The highest BCUT2D eigenvalue weighted by atomic mass is 32.2. The van der Waals surface area contributed by atoms with E-state index in [0.29, 0.717) is 5.82 Å². The summed E-state index contributed by atoms with van der Waals surface area (Å²) in [6.07, 6.45) is 3.20. The normalized spacial score (nSPS) is 10.1. The number of hydrogen-bond donors (Lipinski definition) is 1. The maximum Gasteiger partial charge on any atom is 0.218 e. The van der Waals surface area contributed by atoms with Gasteiger partial charge in [0, 0.05) is 16.6 Å². The number of thioether (sulfide) groups is 1. The minimum Gasteiger partial charge on any atom is -0.340 e. The van der Waals surface area contributed by atoms with Gasteiger partial charge in [-0.3, -0.25) is 0 Å². The first-order valence-electron chi connectivity index (χ1n) is 4.66. The molecule has 1 aromatic heterocycles. The van der Waals surface area contributed by atoms with Crippen molar-refractivity contribution in [3.63, 3.8) is 0 Å². The molecule has 0 atom stereocenters. The van der Waals surface area contributed by atoms with Gasteiger partial charge in [-0.05, 0) is 30.5 Å². The standard InChI is InChI=1S/C11H10FN3S/c1-16-9-4-2-8(3-5-9)15-11-6-10(12)13-7-14-11/h2-7H,1H3,(H,13,14,15). The van der Waals surface area contributed by atoms with E-state index >= 15 is 0 Å². The Hall–Kier alpha value is -1.62. The summed E-state index contributed by atoms with van der Waals surface area (Å²) in [7, 11) is 0. The van der Waals surface area contributed by atoms with Crippen molar-refractivity contribution >= 4 is 23.3 Å². The van der Waals surface area contributed by atoms with Gasteiger partial charge in [-0.25, -0.2) is 9.97 Å². The SMILES string of the molecule is CSc1ccc(Nc2cc(F)ncn2)cc1. The Balaban J connectivity index is 2.14. The Labute approximate surface area is 97.1 Å².